The van der Waals surface area contributed by atoms with Gasteiger partial charge in [-0.3, -0.25) is 30.6 Å². The van der Waals surface area contributed by atoms with Crippen LogP contribution in [0, 0.1) is 15.9 Å². The van der Waals surface area contributed by atoms with Gasteiger partial charge in [0.25, 0.3) is 5.91 Å². The number of hydrazine groups is 1. The Bertz CT molecular complexity index is 932. The van der Waals surface area contributed by atoms with Crippen molar-refractivity contribution < 1.29 is 33.1 Å². The molecule has 11 heteroatoms. The molecule has 0 fully saturated rings. The van der Waals surface area contributed by atoms with Crippen molar-refractivity contribution in [1.29, 1.82) is 0 Å². The molecule has 2 aromatic carbocycles. The summed E-state index contributed by atoms with van der Waals surface area (Å²) in [7, 11) is 3.73. The Morgan fingerprint density at radius 3 is 2.17 bits per heavy atom. The summed E-state index contributed by atoms with van der Waals surface area (Å²) in [4.78, 5) is 35.2. The summed E-state index contributed by atoms with van der Waals surface area (Å²) in [5, 5.41) is 11.5. The molecule has 154 valence electrons. The Morgan fingerprint density at radius 2 is 1.66 bits per heavy atom. The van der Waals surface area contributed by atoms with E-state index in [4.69, 9.17) is 14.2 Å². The zero-order valence-electron chi connectivity index (χ0n) is 15.8. The van der Waals surface area contributed by atoms with Gasteiger partial charge >= 0.3 is 5.69 Å². The number of rotatable bonds is 7. The highest BCUT2D eigenvalue weighted by Gasteiger charge is 2.32. The monoisotopic (exact) mass is 407 g/mol. The SMILES string of the molecule is COc1cc(C(=O)NNC(=O)Cc2ccc(F)cc2)c([N+](=O)[O-])c(OC)c1OC. The first-order valence-electron chi connectivity index (χ1n) is 8.13. The summed E-state index contributed by atoms with van der Waals surface area (Å²) in [5.41, 5.74) is 3.69. The quantitative estimate of drug-likeness (QED) is 0.528. The van der Waals surface area contributed by atoms with Crippen LogP contribution in [0.2, 0.25) is 0 Å². The summed E-state index contributed by atoms with van der Waals surface area (Å²) in [6.07, 6.45) is -0.141. The number of benzene rings is 2. The summed E-state index contributed by atoms with van der Waals surface area (Å²) in [6, 6.07) is 6.32. The maximum absolute atomic E-state index is 12.9. The smallest absolute Gasteiger partial charge is 0.327 e. The summed E-state index contributed by atoms with van der Waals surface area (Å²) < 4.78 is 28.1. The van der Waals surface area contributed by atoms with Gasteiger partial charge in [0, 0.05) is 6.07 Å². The number of ether oxygens (including phenoxy) is 3. The molecule has 2 aromatic rings. The molecule has 0 saturated carbocycles. The number of nitrogens with one attached hydrogen (secondary N) is 2. The first-order chi connectivity index (χ1) is 13.8. The number of nitrogens with zero attached hydrogens (tertiary/aromatic N) is 1. The number of carbonyl (C=O) groups excluding carboxylic acids is 2. The fourth-order valence-corrected chi connectivity index (χ4v) is 2.52. The van der Waals surface area contributed by atoms with E-state index < -0.39 is 33.8 Å². The van der Waals surface area contributed by atoms with Gasteiger partial charge in [0.05, 0.1) is 32.7 Å². The van der Waals surface area contributed by atoms with Crippen LogP contribution >= 0.6 is 0 Å². The van der Waals surface area contributed by atoms with E-state index in [-0.39, 0.29) is 23.7 Å². The van der Waals surface area contributed by atoms with E-state index in [0.29, 0.717) is 5.56 Å². The number of nitro groups is 1. The van der Waals surface area contributed by atoms with Gasteiger partial charge in [-0.1, -0.05) is 12.1 Å². The van der Waals surface area contributed by atoms with Crippen molar-refractivity contribution in [2.24, 2.45) is 0 Å². The third kappa shape index (κ3) is 4.89. The topological polar surface area (TPSA) is 129 Å². The molecule has 0 heterocycles. The molecule has 2 N–H and O–H groups in total. The summed E-state index contributed by atoms with van der Waals surface area (Å²) in [5.74, 6) is -2.36. The van der Waals surface area contributed by atoms with E-state index in [9.17, 15) is 24.1 Å². The third-order valence-electron chi connectivity index (χ3n) is 3.82. The van der Waals surface area contributed by atoms with Crippen molar-refractivity contribution in [3.05, 3.63) is 57.4 Å². The van der Waals surface area contributed by atoms with E-state index in [2.05, 4.69) is 10.9 Å². The fraction of sp³-hybridized carbons (Fsp3) is 0.222. The van der Waals surface area contributed by atoms with Gasteiger partial charge in [0.2, 0.25) is 17.4 Å². The third-order valence-corrected chi connectivity index (χ3v) is 3.82. The number of hydrogen-bond donors (Lipinski definition) is 2. The zero-order valence-corrected chi connectivity index (χ0v) is 15.8. The van der Waals surface area contributed by atoms with Crippen molar-refractivity contribution in [2.45, 2.75) is 6.42 Å². The first kappa shape index (κ1) is 21.4. The Morgan fingerprint density at radius 1 is 1.03 bits per heavy atom. The number of amides is 2. The Hall–Kier alpha value is -3.89. The number of methoxy groups -OCH3 is 3. The predicted molar refractivity (Wildman–Crippen MR) is 98.5 cm³/mol. The van der Waals surface area contributed by atoms with Crippen LogP contribution in [0.25, 0.3) is 0 Å². The minimum absolute atomic E-state index is 0.0257. The zero-order chi connectivity index (χ0) is 21.6. The molecule has 29 heavy (non-hydrogen) atoms. The van der Waals surface area contributed by atoms with E-state index in [0.717, 1.165) is 6.07 Å². The van der Waals surface area contributed by atoms with E-state index in [1.807, 2.05) is 0 Å². The summed E-state index contributed by atoms with van der Waals surface area (Å²) in [6.45, 7) is 0. The molecule has 0 aromatic heterocycles. The number of halogens is 1. The van der Waals surface area contributed by atoms with Gasteiger partial charge in [-0.05, 0) is 17.7 Å². The van der Waals surface area contributed by atoms with Gasteiger partial charge in [0.15, 0.2) is 5.75 Å². The van der Waals surface area contributed by atoms with E-state index in [1.165, 1.54) is 45.6 Å². The van der Waals surface area contributed by atoms with Crippen molar-refractivity contribution in [3.63, 3.8) is 0 Å². The maximum Gasteiger partial charge on any atom is 0.327 e. The van der Waals surface area contributed by atoms with Crippen LogP contribution < -0.4 is 25.1 Å². The van der Waals surface area contributed by atoms with Crippen molar-refractivity contribution in [2.75, 3.05) is 21.3 Å². The van der Waals surface area contributed by atoms with Crippen LogP contribution in [0.3, 0.4) is 0 Å². The second-order valence-corrected chi connectivity index (χ2v) is 5.60. The fourth-order valence-electron chi connectivity index (χ4n) is 2.52. The highest BCUT2D eigenvalue weighted by atomic mass is 19.1. The van der Waals surface area contributed by atoms with Crippen LogP contribution in [0.15, 0.2) is 30.3 Å². The van der Waals surface area contributed by atoms with Crippen LogP contribution in [0.1, 0.15) is 15.9 Å². The van der Waals surface area contributed by atoms with Crippen molar-refractivity contribution in [1.82, 2.24) is 10.9 Å². The predicted octanol–water partition coefficient (Wildman–Crippen LogP) is 1.76. The van der Waals surface area contributed by atoms with Crippen LogP contribution in [0.5, 0.6) is 17.2 Å². The minimum Gasteiger partial charge on any atom is -0.493 e. The number of nitro benzene ring substituents is 1. The van der Waals surface area contributed by atoms with Gasteiger partial charge < -0.3 is 14.2 Å². The van der Waals surface area contributed by atoms with Crippen LogP contribution in [-0.2, 0) is 11.2 Å². The molecule has 0 bridgehead atoms. The lowest BCUT2D eigenvalue weighted by molar-refractivity contribution is -0.386. The second-order valence-electron chi connectivity index (χ2n) is 5.60. The average molecular weight is 407 g/mol. The van der Waals surface area contributed by atoms with Gasteiger partial charge in [-0.2, -0.15) is 0 Å². The van der Waals surface area contributed by atoms with Gasteiger partial charge in [-0.25, -0.2) is 4.39 Å². The normalized spacial score (nSPS) is 10.1. The molecule has 0 spiro atoms. The average Bonchev–Trinajstić information content (AvgIpc) is 2.71. The van der Waals surface area contributed by atoms with Crippen LogP contribution in [0.4, 0.5) is 10.1 Å². The van der Waals surface area contributed by atoms with Gasteiger partial charge in [-0.15, -0.1) is 0 Å². The summed E-state index contributed by atoms with van der Waals surface area (Å²) >= 11 is 0. The first-order valence-corrected chi connectivity index (χ1v) is 8.13. The van der Waals surface area contributed by atoms with E-state index in [1.54, 1.807) is 0 Å². The molecule has 2 amide bonds. The van der Waals surface area contributed by atoms with Crippen molar-refractivity contribution >= 4 is 17.5 Å². The lowest BCUT2D eigenvalue weighted by atomic mass is 10.1. The highest BCUT2D eigenvalue weighted by Crippen LogP contribution is 2.46. The van der Waals surface area contributed by atoms with Gasteiger partial charge in [0.1, 0.15) is 11.4 Å². The molecule has 0 radical (unpaired) electrons. The molecular weight excluding hydrogens is 389 g/mol. The molecule has 0 aliphatic heterocycles. The lowest BCUT2D eigenvalue weighted by Crippen LogP contribution is -2.42. The molecule has 0 aliphatic carbocycles. The van der Waals surface area contributed by atoms with Crippen molar-refractivity contribution in [3.8, 4) is 17.2 Å². The standard InChI is InChI=1S/C18H18FN3O7/c1-27-13-9-12(15(22(25)26)17(29-3)16(13)28-2)18(24)21-20-14(23)8-10-4-6-11(19)7-5-10/h4-7,9H,8H2,1-3H3,(H,20,23)(H,21,24). The number of carbonyl (C=O) groups is 2. The highest BCUT2D eigenvalue weighted by molar-refractivity contribution is 6.01. The maximum atomic E-state index is 12.9. The van der Waals surface area contributed by atoms with Crippen LogP contribution in [-0.4, -0.2) is 38.1 Å². The molecule has 0 saturated heterocycles. The van der Waals surface area contributed by atoms with E-state index >= 15 is 0 Å². The molecule has 10 nitrogen and oxygen atoms in total. The number of hydrogen-bond acceptors (Lipinski definition) is 7. The largest absolute Gasteiger partial charge is 0.493 e. The lowest BCUT2D eigenvalue weighted by Gasteiger charge is -2.15. The molecular formula is C18H18FN3O7. The molecule has 0 atom stereocenters. The Labute approximate surface area is 164 Å². The molecule has 0 aliphatic rings. The Balaban J connectivity index is 2.24. The Kier molecular flexibility index (Phi) is 6.90. The minimum atomic E-state index is -0.969. The molecule has 0 unspecified atom stereocenters. The second kappa shape index (κ2) is 9.35. The molecule has 2 rings (SSSR count).